The first-order chi connectivity index (χ1) is 14.4. The van der Waals surface area contributed by atoms with Gasteiger partial charge in [0.2, 0.25) is 0 Å². The van der Waals surface area contributed by atoms with Crippen molar-refractivity contribution in [3.05, 3.63) is 54.5 Å². The van der Waals surface area contributed by atoms with Crippen LogP contribution in [0.25, 0.3) is 10.9 Å². The van der Waals surface area contributed by atoms with E-state index < -0.39 is 0 Å². The number of piperidine rings is 1. The van der Waals surface area contributed by atoms with E-state index in [9.17, 15) is 0 Å². The first-order valence-corrected chi connectivity index (χ1v) is 10.6. The normalized spacial score (nSPS) is 22.1. The summed E-state index contributed by atoms with van der Waals surface area (Å²) in [5, 5.41) is 4.85. The predicted molar refractivity (Wildman–Crippen MR) is 115 cm³/mol. The smallest absolute Gasteiger partial charge is 0.134 e. The lowest BCUT2D eigenvalue weighted by atomic mass is 9.93. The number of nitrogens with one attached hydrogen (secondary N) is 1. The molecule has 4 heterocycles. The number of para-hydroxylation sites is 1. The van der Waals surface area contributed by atoms with E-state index in [-0.39, 0.29) is 6.04 Å². The number of anilines is 2. The van der Waals surface area contributed by atoms with E-state index >= 15 is 0 Å². The molecule has 150 valence electrons. The Bertz CT molecular complexity index is 967. The molecule has 0 amide bonds. The van der Waals surface area contributed by atoms with E-state index in [2.05, 4.69) is 55.5 Å². The third-order valence-corrected chi connectivity index (χ3v) is 6.09. The fraction of sp³-hybridized carbons (Fsp3) is 0.435. The van der Waals surface area contributed by atoms with Gasteiger partial charge in [0.25, 0.3) is 0 Å². The van der Waals surface area contributed by atoms with Crippen molar-refractivity contribution in [3.8, 4) is 0 Å². The van der Waals surface area contributed by atoms with Gasteiger partial charge in [-0.3, -0.25) is 4.98 Å². The van der Waals surface area contributed by atoms with Gasteiger partial charge in [0, 0.05) is 36.7 Å². The summed E-state index contributed by atoms with van der Waals surface area (Å²) in [7, 11) is 0. The summed E-state index contributed by atoms with van der Waals surface area (Å²) in [6.07, 6.45) is 8.34. The van der Waals surface area contributed by atoms with Crippen LogP contribution in [-0.2, 0) is 11.2 Å². The summed E-state index contributed by atoms with van der Waals surface area (Å²) in [5.74, 6) is 2.31. The molecule has 0 radical (unpaired) electrons. The Balaban J connectivity index is 1.31. The summed E-state index contributed by atoms with van der Waals surface area (Å²) in [4.78, 5) is 15.8. The number of aromatic nitrogens is 3. The summed E-state index contributed by atoms with van der Waals surface area (Å²) in [6, 6.07) is 12.8. The van der Waals surface area contributed by atoms with Crippen LogP contribution in [0.5, 0.6) is 0 Å². The van der Waals surface area contributed by atoms with Crippen molar-refractivity contribution in [2.75, 3.05) is 36.5 Å². The lowest BCUT2D eigenvalue weighted by molar-refractivity contribution is 0.185. The zero-order valence-electron chi connectivity index (χ0n) is 16.6. The lowest BCUT2D eigenvalue weighted by Gasteiger charge is -2.28. The fourth-order valence-corrected chi connectivity index (χ4v) is 4.49. The molecule has 0 aliphatic carbocycles. The topological polar surface area (TPSA) is 63.2 Å². The van der Waals surface area contributed by atoms with Crippen LogP contribution in [0.2, 0.25) is 0 Å². The largest absolute Gasteiger partial charge is 0.379 e. The molecule has 0 spiro atoms. The Morgan fingerprint density at radius 1 is 1.00 bits per heavy atom. The molecule has 1 N–H and O–H groups in total. The lowest BCUT2D eigenvalue weighted by Crippen LogP contribution is -2.31. The van der Waals surface area contributed by atoms with E-state index in [0.717, 1.165) is 43.3 Å². The van der Waals surface area contributed by atoms with Gasteiger partial charge < -0.3 is 15.0 Å². The van der Waals surface area contributed by atoms with Crippen LogP contribution in [0, 0.1) is 5.92 Å². The van der Waals surface area contributed by atoms with E-state index in [0.29, 0.717) is 12.5 Å². The van der Waals surface area contributed by atoms with Gasteiger partial charge in [-0.25, -0.2) is 9.97 Å². The van der Waals surface area contributed by atoms with Gasteiger partial charge in [0.15, 0.2) is 0 Å². The summed E-state index contributed by atoms with van der Waals surface area (Å²) in [5.41, 5.74) is 2.38. The molecule has 1 aromatic carbocycles. The molecule has 0 saturated carbocycles. The highest BCUT2D eigenvalue weighted by Gasteiger charge is 2.29. The van der Waals surface area contributed by atoms with Crippen molar-refractivity contribution in [1.82, 2.24) is 15.0 Å². The van der Waals surface area contributed by atoms with Gasteiger partial charge >= 0.3 is 0 Å². The highest BCUT2D eigenvalue weighted by molar-refractivity contribution is 5.81. The fourth-order valence-electron chi connectivity index (χ4n) is 4.49. The maximum atomic E-state index is 5.84. The summed E-state index contributed by atoms with van der Waals surface area (Å²) >= 11 is 0. The van der Waals surface area contributed by atoms with Crippen LogP contribution >= 0.6 is 0 Å². The average Bonchev–Trinajstić information content (AvgIpc) is 3.21. The molecule has 0 unspecified atom stereocenters. The number of pyridine rings is 1. The third kappa shape index (κ3) is 4.03. The Hall–Kier alpha value is -2.73. The second-order valence-corrected chi connectivity index (χ2v) is 8.05. The molecule has 29 heavy (non-hydrogen) atoms. The van der Waals surface area contributed by atoms with Crippen LogP contribution in [0.1, 0.15) is 24.8 Å². The van der Waals surface area contributed by atoms with Crippen molar-refractivity contribution >= 4 is 22.5 Å². The third-order valence-electron chi connectivity index (χ3n) is 6.09. The standard InChI is InChI=1S/C23H27N5O/c1-4-10-28(11-5-1)23-13-22(25-16-26-23)27-21-15-29-14-18(21)12-17-8-9-24-20-7-3-2-6-19(17)20/h2-3,6-9,13,16,18,21H,1,4-5,10-12,14-15H2,(H,25,26,27)/t18-,21-/m1/s1. The van der Waals surface area contributed by atoms with Crippen molar-refractivity contribution in [3.63, 3.8) is 0 Å². The second-order valence-electron chi connectivity index (χ2n) is 8.05. The molecule has 5 rings (SSSR count). The Morgan fingerprint density at radius 2 is 1.90 bits per heavy atom. The van der Waals surface area contributed by atoms with Crippen LogP contribution in [0.4, 0.5) is 11.6 Å². The predicted octanol–water partition coefficient (Wildman–Crippen LogP) is 3.68. The molecular formula is C23H27N5O. The first kappa shape index (κ1) is 18.3. The number of fused-ring (bicyclic) bond motifs is 1. The Labute approximate surface area is 171 Å². The minimum absolute atomic E-state index is 0.242. The molecule has 2 aliphatic heterocycles. The van der Waals surface area contributed by atoms with Gasteiger partial charge in [0.05, 0.1) is 24.8 Å². The molecule has 3 aromatic rings. The molecule has 2 saturated heterocycles. The number of rotatable bonds is 5. The minimum Gasteiger partial charge on any atom is -0.379 e. The number of hydrogen-bond acceptors (Lipinski definition) is 6. The summed E-state index contributed by atoms with van der Waals surface area (Å²) < 4.78 is 5.84. The van der Waals surface area contributed by atoms with Crippen molar-refractivity contribution in [2.24, 2.45) is 5.92 Å². The highest BCUT2D eigenvalue weighted by Crippen LogP contribution is 2.26. The monoisotopic (exact) mass is 389 g/mol. The summed E-state index contributed by atoms with van der Waals surface area (Å²) in [6.45, 7) is 3.64. The van der Waals surface area contributed by atoms with Crippen LogP contribution in [-0.4, -0.2) is 47.3 Å². The first-order valence-electron chi connectivity index (χ1n) is 10.6. The quantitative estimate of drug-likeness (QED) is 0.718. The molecule has 2 aromatic heterocycles. The molecule has 6 nitrogen and oxygen atoms in total. The Kier molecular flexibility index (Phi) is 5.26. The SMILES string of the molecule is c1ccc2c(C[C@@H]3COC[C@H]3Nc3cc(N4CCCCC4)ncn3)ccnc2c1. The molecule has 2 fully saturated rings. The van der Waals surface area contributed by atoms with Gasteiger partial charge in [0.1, 0.15) is 18.0 Å². The van der Waals surface area contributed by atoms with Gasteiger partial charge in [-0.2, -0.15) is 0 Å². The molecule has 0 bridgehead atoms. The second kappa shape index (κ2) is 8.33. The average molecular weight is 390 g/mol. The van der Waals surface area contributed by atoms with E-state index in [1.54, 1.807) is 6.33 Å². The van der Waals surface area contributed by atoms with Crippen molar-refractivity contribution < 1.29 is 4.74 Å². The van der Waals surface area contributed by atoms with Crippen LogP contribution in [0.3, 0.4) is 0 Å². The zero-order valence-corrected chi connectivity index (χ0v) is 16.6. The van der Waals surface area contributed by atoms with Crippen molar-refractivity contribution in [2.45, 2.75) is 31.7 Å². The maximum Gasteiger partial charge on any atom is 0.134 e. The van der Waals surface area contributed by atoms with Gasteiger partial charge in [-0.05, 0) is 43.4 Å². The maximum absolute atomic E-state index is 5.84. The van der Waals surface area contributed by atoms with Crippen LogP contribution in [0.15, 0.2) is 48.9 Å². The number of nitrogens with zero attached hydrogens (tertiary/aromatic N) is 4. The van der Waals surface area contributed by atoms with Gasteiger partial charge in [-0.1, -0.05) is 18.2 Å². The van der Waals surface area contributed by atoms with E-state index in [1.807, 2.05) is 12.3 Å². The molecular weight excluding hydrogens is 362 g/mol. The minimum atomic E-state index is 0.242. The van der Waals surface area contributed by atoms with Gasteiger partial charge in [-0.15, -0.1) is 0 Å². The van der Waals surface area contributed by atoms with Crippen LogP contribution < -0.4 is 10.2 Å². The van der Waals surface area contributed by atoms with E-state index in [4.69, 9.17) is 4.74 Å². The zero-order chi connectivity index (χ0) is 19.5. The molecule has 2 atom stereocenters. The molecule has 2 aliphatic rings. The van der Waals surface area contributed by atoms with E-state index in [1.165, 1.54) is 30.2 Å². The van der Waals surface area contributed by atoms with Crippen molar-refractivity contribution in [1.29, 1.82) is 0 Å². The molecule has 6 heteroatoms. The number of hydrogen-bond donors (Lipinski definition) is 1. The number of ether oxygens (including phenoxy) is 1. The number of benzene rings is 1. The Morgan fingerprint density at radius 3 is 2.83 bits per heavy atom. The highest BCUT2D eigenvalue weighted by atomic mass is 16.5.